The minimum atomic E-state index is -0.583. The largest absolute Gasteiger partial charge is 0.466 e. The van der Waals surface area contributed by atoms with Gasteiger partial charge >= 0.3 is 5.97 Å². The van der Waals surface area contributed by atoms with Crippen LogP contribution in [0.15, 0.2) is 28.7 Å². The molecule has 0 bridgehead atoms. The van der Waals surface area contributed by atoms with E-state index in [1.165, 1.54) is 0 Å². The van der Waals surface area contributed by atoms with Gasteiger partial charge in [0.1, 0.15) is 17.1 Å². The molecule has 1 aliphatic rings. The van der Waals surface area contributed by atoms with Gasteiger partial charge in [0.25, 0.3) is 5.91 Å². The SMILES string of the molecule is Cc1cc(C(=O)OCC(=O)N[C@H](C)c2ccc3c(c2)OCO3)c(C)o1. The number of carbonyl (C=O) groups excluding carboxylic acids is 2. The average Bonchev–Trinajstić information content (AvgIpc) is 3.17. The predicted molar refractivity (Wildman–Crippen MR) is 87.6 cm³/mol. The van der Waals surface area contributed by atoms with E-state index in [-0.39, 0.29) is 19.4 Å². The summed E-state index contributed by atoms with van der Waals surface area (Å²) in [5, 5.41) is 2.78. The number of fused-ring (bicyclic) bond motifs is 1. The molecule has 0 saturated heterocycles. The molecule has 132 valence electrons. The topological polar surface area (TPSA) is 87.0 Å². The zero-order valence-corrected chi connectivity index (χ0v) is 14.3. The molecule has 1 aromatic heterocycles. The van der Waals surface area contributed by atoms with Gasteiger partial charge in [0.15, 0.2) is 18.1 Å². The van der Waals surface area contributed by atoms with Crippen LogP contribution in [-0.4, -0.2) is 25.3 Å². The van der Waals surface area contributed by atoms with E-state index in [1.807, 2.05) is 19.1 Å². The fraction of sp³-hybridized carbons (Fsp3) is 0.333. The lowest BCUT2D eigenvalue weighted by atomic mass is 10.1. The van der Waals surface area contributed by atoms with Crippen LogP contribution in [0.4, 0.5) is 0 Å². The lowest BCUT2D eigenvalue weighted by molar-refractivity contribution is -0.124. The Morgan fingerprint density at radius 1 is 1.20 bits per heavy atom. The molecule has 25 heavy (non-hydrogen) atoms. The molecule has 1 aliphatic heterocycles. The second-order valence-electron chi connectivity index (χ2n) is 5.80. The first kappa shape index (κ1) is 16.9. The number of carbonyl (C=O) groups is 2. The van der Waals surface area contributed by atoms with Crippen molar-refractivity contribution in [2.24, 2.45) is 0 Å². The molecule has 2 heterocycles. The molecule has 0 saturated carbocycles. The fourth-order valence-electron chi connectivity index (χ4n) is 2.59. The van der Waals surface area contributed by atoms with Crippen LogP contribution in [0, 0.1) is 13.8 Å². The third-order valence-electron chi connectivity index (χ3n) is 3.87. The van der Waals surface area contributed by atoms with E-state index in [4.69, 9.17) is 18.6 Å². The van der Waals surface area contributed by atoms with Crippen LogP contribution in [0.2, 0.25) is 0 Å². The number of hydrogen-bond acceptors (Lipinski definition) is 6. The maximum atomic E-state index is 12.0. The Morgan fingerprint density at radius 3 is 2.68 bits per heavy atom. The summed E-state index contributed by atoms with van der Waals surface area (Å²) >= 11 is 0. The summed E-state index contributed by atoms with van der Waals surface area (Å²) in [5.74, 6) is 1.44. The first-order valence-corrected chi connectivity index (χ1v) is 7.87. The average molecular weight is 345 g/mol. The van der Waals surface area contributed by atoms with E-state index in [2.05, 4.69) is 5.32 Å². The van der Waals surface area contributed by atoms with Crippen molar-refractivity contribution in [2.45, 2.75) is 26.8 Å². The second kappa shape index (κ2) is 6.88. The molecule has 1 atom stereocenters. The molecule has 0 unspecified atom stereocenters. The van der Waals surface area contributed by atoms with Crippen molar-refractivity contribution in [3.8, 4) is 11.5 Å². The Morgan fingerprint density at radius 2 is 1.96 bits per heavy atom. The maximum absolute atomic E-state index is 12.0. The Balaban J connectivity index is 1.53. The van der Waals surface area contributed by atoms with Gasteiger partial charge in [-0.3, -0.25) is 4.79 Å². The quantitative estimate of drug-likeness (QED) is 0.839. The Kier molecular flexibility index (Phi) is 4.65. The zero-order chi connectivity index (χ0) is 18.0. The van der Waals surface area contributed by atoms with E-state index >= 15 is 0 Å². The molecular weight excluding hydrogens is 326 g/mol. The van der Waals surface area contributed by atoms with Crippen molar-refractivity contribution in [1.82, 2.24) is 5.32 Å². The van der Waals surface area contributed by atoms with Gasteiger partial charge in [-0.1, -0.05) is 6.07 Å². The summed E-state index contributed by atoms with van der Waals surface area (Å²) in [6.07, 6.45) is 0. The summed E-state index contributed by atoms with van der Waals surface area (Å²) in [6, 6.07) is 6.78. The molecule has 1 amide bonds. The monoisotopic (exact) mass is 345 g/mol. The Bertz CT molecular complexity index is 810. The standard InChI is InChI=1S/C18H19NO6/c1-10-6-14(12(3)25-10)18(21)22-8-17(20)19-11(2)13-4-5-15-16(7-13)24-9-23-15/h4-7,11H,8-9H2,1-3H3,(H,19,20)/t11-/m1/s1. The molecule has 2 aromatic rings. The lowest BCUT2D eigenvalue weighted by Gasteiger charge is -2.14. The van der Waals surface area contributed by atoms with Crippen molar-refractivity contribution in [3.05, 3.63) is 46.9 Å². The van der Waals surface area contributed by atoms with Crippen LogP contribution in [0.3, 0.4) is 0 Å². The van der Waals surface area contributed by atoms with Gasteiger partial charge in [-0.2, -0.15) is 0 Å². The van der Waals surface area contributed by atoms with Crippen LogP contribution in [0.25, 0.3) is 0 Å². The van der Waals surface area contributed by atoms with Crippen LogP contribution < -0.4 is 14.8 Å². The number of furan rings is 1. The summed E-state index contributed by atoms with van der Waals surface area (Å²) in [6.45, 7) is 5.08. The van der Waals surface area contributed by atoms with Gasteiger partial charge in [0.05, 0.1) is 6.04 Å². The number of nitrogens with one attached hydrogen (secondary N) is 1. The van der Waals surface area contributed by atoms with Gasteiger partial charge in [-0.15, -0.1) is 0 Å². The van der Waals surface area contributed by atoms with Gasteiger partial charge in [-0.05, 0) is 44.5 Å². The third-order valence-corrected chi connectivity index (χ3v) is 3.87. The highest BCUT2D eigenvalue weighted by Gasteiger charge is 2.19. The first-order valence-electron chi connectivity index (χ1n) is 7.87. The number of amides is 1. The minimum Gasteiger partial charge on any atom is -0.466 e. The van der Waals surface area contributed by atoms with Gasteiger partial charge in [-0.25, -0.2) is 4.79 Å². The smallest absolute Gasteiger partial charge is 0.342 e. The third kappa shape index (κ3) is 3.76. The molecule has 7 heteroatoms. The summed E-state index contributed by atoms with van der Waals surface area (Å²) < 4.78 is 20.9. The number of ether oxygens (including phenoxy) is 3. The van der Waals surface area contributed by atoms with E-state index in [1.54, 1.807) is 26.0 Å². The van der Waals surface area contributed by atoms with Crippen molar-refractivity contribution in [3.63, 3.8) is 0 Å². The van der Waals surface area contributed by atoms with Gasteiger partial charge in [0.2, 0.25) is 6.79 Å². The van der Waals surface area contributed by atoms with Crippen molar-refractivity contribution in [2.75, 3.05) is 13.4 Å². The highest BCUT2D eigenvalue weighted by molar-refractivity contribution is 5.92. The maximum Gasteiger partial charge on any atom is 0.342 e. The number of esters is 1. The number of rotatable bonds is 5. The Hall–Kier alpha value is -2.96. The second-order valence-corrected chi connectivity index (χ2v) is 5.80. The van der Waals surface area contributed by atoms with Crippen LogP contribution in [0.1, 0.15) is 40.4 Å². The van der Waals surface area contributed by atoms with E-state index < -0.39 is 11.9 Å². The van der Waals surface area contributed by atoms with E-state index in [0.29, 0.717) is 28.6 Å². The predicted octanol–water partition coefficient (Wildman–Crippen LogP) is 2.66. The highest BCUT2D eigenvalue weighted by Crippen LogP contribution is 2.34. The molecule has 0 fully saturated rings. The van der Waals surface area contributed by atoms with E-state index in [0.717, 1.165) is 5.56 Å². The molecule has 0 radical (unpaired) electrons. The molecular formula is C18H19NO6. The Labute approximate surface area is 144 Å². The van der Waals surface area contributed by atoms with Crippen molar-refractivity contribution >= 4 is 11.9 Å². The fourth-order valence-corrected chi connectivity index (χ4v) is 2.59. The van der Waals surface area contributed by atoms with E-state index in [9.17, 15) is 9.59 Å². The van der Waals surface area contributed by atoms with Gasteiger partial charge < -0.3 is 23.9 Å². The first-order chi connectivity index (χ1) is 11.9. The number of benzene rings is 1. The van der Waals surface area contributed by atoms with Gasteiger partial charge in [0, 0.05) is 0 Å². The van der Waals surface area contributed by atoms with Crippen LogP contribution in [0.5, 0.6) is 11.5 Å². The number of aryl methyl sites for hydroxylation is 2. The molecule has 0 spiro atoms. The highest BCUT2D eigenvalue weighted by atomic mass is 16.7. The molecule has 1 N–H and O–H groups in total. The summed E-state index contributed by atoms with van der Waals surface area (Å²) in [5.41, 5.74) is 1.19. The van der Waals surface area contributed by atoms with Crippen LogP contribution >= 0.6 is 0 Å². The molecule has 3 rings (SSSR count). The molecule has 0 aliphatic carbocycles. The minimum absolute atomic E-state index is 0.197. The van der Waals surface area contributed by atoms with Crippen molar-refractivity contribution < 1.29 is 28.2 Å². The number of hydrogen-bond donors (Lipinski definition) is 1. The summed E-state index contributed by atoms with van der Waals surface area (Å²) in [7, 11) is 0. The van der Waals surface area contributed by atoms with Crippen LogP contribution in [-0.2, 0) is 9.53 Å². The molecule has 7 nitrogen and oxygen atoms in total. The zero-order valence-electron chi connectivity index (χ0n) is 14.3. The summed E-state index contributed by atoms with van der Waals surface area (Å²) in [4.78, 5) is 24.0. The lowest BCUT2D eigenvalue weighted by Crippen LogP contribution is -2.31. The molecule has 1 aromatic carbocycles. The van der Waals surface area contributed by atoms with Crippen molar-refractivity contribution in [1.29, 1.82) is 0 Å². The normalized spacial score (nSPS) is 13.4.